The zero-order valence-electron chi connectivity index (χ0n) is 79.7. The van der Waals surface area contributed by atoms with Crippen molar-refractivity contribution < 1.29 is 378 Å². The van der Waals surface area contributed by atoms with Crippen LogP contribution in [0.2, 0.25) is 0 Å². The van der Waals surface area contributed by atoms with Gasteiger partial charge in [-0.3, -0.25) is 44.9 Å². The van der Waals surface area contributed by atoms with E-state index in [1.54, 1.807) is 28.1 Å². The number of hydrogen-bond donors (Lipinski definition) is 9. The minimum Gasteiger partial charge on any atom is -0.384 e. The van der Waals surface area contributed by atoms with Crippen molar-refractivity contribution in [2.45, 2.75) is 454 Å². The van der Waals surface area contributed by atoms with Gasteiger partial charge in [-0.1, -0.05) is 163 Å². The van der Waals surface area contributed by atoms with Crippen LogP contribution >= 0.6 is 0 Å². The van der Waals surface area contributed by atoms with Gasteiger partial charge in [0.25, 0.3) is 0 Å². The second kappa shape index (κ2) is 92.6. The van der Waals surface area contributed by atoms with E-state index in [9.17, 15) is 46.0 Å². The van der Waals surface area contributed by atoms with Crippen LogP contribution in [-0.4, -0.2) is 207 Å². The van der Waals surface area contributed by atoms with Crippen molar-refractivity contribution in [3.63, 3.8) is 0 Å². The van der Waals surface area contributed by atoms with E-state index < -0.39 is 50.4 Å². The summed E-state index contributed by atoms with van der Waals surface area (Å²) < 4.78 is 0. The van der Waals surface area contributed by atoms with Gasteiger partial charge >= 0.3 is 0 Å². The Morgan fingerprint density at radius 1 is 0.237 bits per heavy atom. The number of nitrogens with zero attached hydrogens (tertiary/aromatic N) is 9. The molecule has 0 saturated heterocycles. The normalized spacial score (nSPS) is 16.7. The maximum absolute atomic E-state index is 10.3. The Morgan fingerprint density at radius 2 is 0.439 bits per heavy atom. The number of aliphatic hydroxyl groups is 9. The first-order valence-corrected chi connectivity index (χ1v) is 41.0. The average Bonchev–Trinajstić information content (AvgIpc) is 0.845. The Hall–Kier alpha value is 7.77. The molecule has 9 radical (unpaired) electrons. The minimum atomic E-state index is -0.718. The Labute approximate surface area is 969 Å². The van der Waals surface area contributed by atoms with Crippen LogP contribution in [0.5, 0.6) is 0 Å². The van der Waals surface area contributed by atoms with Crippen LogP contribution < -0.4 is 0 Å². The maximum atomic E-state index is 10.3. The first-order chi connectivity index (χ1) is 48.0. The van der Waals surface area contributed by atoms with E-state index in [4.69, 9.17) is 0 Å². The number of aliphatic imine (C=N–C) groups is 9. The van der Waals surface area contributed by atoms with Crippen LogP contribution in [0.1, 0.15) is 386 Å². The number of rotatable bonds is 36. The van der Waals surface area contributed by atoms with E-state index in [-0.39, 0.29) is 368 Å². The SMILES string of the molecule is CCC(O)(C(C)=NC(C)C)C(C)C.CCC(O)(C(C)=NC)C(C)C.CCCC(C)(O)C(C)=NC.CCCC(C)(O)C(C)=NC(C)C.CCCC(C)(O)C(C)=NCC.CCCC(O)(CC)C(C)=NC.CCCC(O)(CC)C(C)=NC(C)C.CCCC(O)(CC)C(C)=NCC.CCN=C(C)C(O)(CC)C(C)C.[Lu].[Lu].[Lu].[Lu].[Lu].[Lu].[Lu].[Lu].[Lu]. The van der Waals surface area contributed by atoms with Crippen LogP contribution in [0.3, 0.4) is 0 Å². The van der Waals surface area contributed by atoms with Crippen molar-refractivity contribution >= 4 is 51.4 Å². The van der Waals surface area contributed by atoms with Crippen molar-refractivity contribution in [1.29, 1.82) is 0 Å². The van der Waals surface area contributed by atoms with Crippen LogP contribution in [0.4, 0.5) is 0 Å². The van der Waals surface area contributed by atoms with Gasteiger partial charge in [0.2, 0.25) is 0 Å². The van der Waals surface area contributed by atoms with Gasteiger partial charge in [0, 0.05) is 442 Å². The van der Waals surface area contributed by atoms with Crippen molar-refractivity contribution in [2.24, 2.45) is 62.7 Å². The fourth-order valence-corrected chi connectivity index (χ4v) is 11.7. The molecule has 0 aromatic rings. The molecule has 0 fully saturated rings. The van der Waals surface area contributed by atoms with Crippen molar-refractivity contribution in [1.82, 2.24) is 0 Å². The molecular weight excluding hydrogens is 2890 g/mol. The average molecular weight is 3070 g/mol. The van der Waals surface area contributed by atoms with Gasteiger partial charge in [-0.25, -0.2) is 0 Å². The maximum Gasteiger partial charge on any atom is 0.104 e. The van der Waals surface area contributed by atoms with Gasteiger partial charge in [-0.05, 0) is 240 Å². The first-order valence-electron chi connectivity index (χ1n) is 41.0. The molecule has 0 saturated carbocycles. The molecule has 0 bridgehead atoms. The molecule has 0 amide bonds. The zero-order chi connectivity index (χ0) is 85.4. The monoisotopic (exact) mass is 3070 g/mol. The Bertz CT molecular complexity index is 2490. The van der Waals surface area contributed by atoms with Gasteiger partial charge in [-0.2, -0.15) is 0 Å². The molecule has 114 heavy (non-hydrogen) atoms. The predicted octanol–water partition coefficient (Wildman–Crippen LogP) is 20.1. The van der Waals surface area contributed by atoms with E-state index in [1.807, 2.05) is 222 Å². The molecule has 0 spiro atoms. The van der Waals surface area contributed by atoms with Crippen molar-refractivity contribution in [2.75, 3.05) is 40.8 Å². The molecule has 765 valence electrons. The molecule has 18 nitrogen and oxygen atoms in total. The van der Waals surface area contributed by atoms with Gasteiger partial charge in [0.1, 0.15) is 33.6 Å². The van der Waals surface area contributed by atoms with Crippen molar-refractivity contribution in [3.8, 4) is 0 Å². The summed E-state index contributed by atoms with van der Waals surface area (Å²) in [5.41, 5.74) is 1.51. The van der Waals surface area contributed by atoms with Gasteiger partial charge in [0.15, 0.2) is 0 Å². The standard InChI is InChI=1S/2C11H23NO.3C10H21NO.3C9H19NO.C8H17NO.9Lu/c1-7-11(13,8(2)3)10(6)12-9(4)5;1-6-8-11(13,7-2)10(5)12-9(3)4;1-6-7-10(5,12)9(4)11-8(2)3;1-6-10(12,8(3)4)9(5)11-7-2;1-5-8-10(12,6-2)9(4)11-7-3;1-6-9(11,7(2)3)8(4)10-5;1-5-7-9(11,6-2)8(3)10-4;1-5-7-9(4,11)8(3)10-6-2;1-5-6-8(3,10)7(2)9-4;;;;;;;;;/h8-9,13H,7H2,1-6H3;9,13H,6-8H2,1-5H3;2*8,12H,6-7H2,1-5H3;12H,5-8H2,1-4H3;7,11H,6H2,1-5H3;2*11H,5-7H2,1-4H3;10H,5-6H2,1-4H3;;;;;;;;;. The summed E-state index contributed by atoms with van der Waals surface area (Å²) >= 11 is 0. The molecule has 0 aromatic carbocycles. The van der Waals surface area contributed by atoms with Crippen LogP contribution in [0, 0.1) is 350 Å². The van der Waals surface area contributed by atoms with Crippen LogP contribution in [0.25, 0.3) is 0 Å². The van der Waals surface area contributed by atoms with E-state index >= 15 is 0 Å². The van der Waals surface area contributed by atoms with E-state index in [1.165, 1.54) is 0 Å². The summed E-state index contributed by atoms with van der Waals surface area (Å²) in [5.74, 6) is 0.689. The second-order valence-corrected chi connectivity index (χ2v) is 30.8. The Kier molecular flexibility index (Phi) is 134. The third-order valence-corrected chi connectivity index (χ3v) is 20.2. The fraction of sp³-hybridized carbons (Fsp3) is 0.897. The van der Waals surface area contributed by atoms with E-state index in [2.05, 4.69) is 86.5 Å². The summed E-state index contributed by atoms with van der Waals surface area (Å²) in [6.45, 7) is 79.5. The largest absolute Gasteiger partial charge is 0.384 e. The summed E-state index contributed by atoms with van der Waals surface area (Å²) in [6.07, 6.45) is 15.2. The van der Waals surface area contributed by atoms with Crippen LogP contribution in [-0.2, 0) is 0 Å². The predicted molar refractivity (Wildman–Crippen MR) is 470 cm³/mol. The molecular formula is C87H183Lu9N9O9. The summed E-state index contributed by atoms with van der Waals surface area (Å²) in [5, 5.41) is 90.1. The topological polar surface area (TPSA) is 293 Å². The van der Waals surface area contributed by atoms with Gasteiger partial charge in [0.05, 0.1) is 16.8 Å². The van der Waals surface area contributed by atoms with Crippen molar-refractivity contribution in [3.05, 3.63) is 0 Å². The molecule has 9 atom stereocenters. The molecule has 0 heterocycles. The fourth-order valence-electron chi connectivity index (χ4n) is 11.7. The molecule has 9 N–H and O–H groups in total. The molecule has 0 aromatic heterocycles. The van der Waals surface area contributed by atoms with E-state index in [0.717, 1.165) is 187 Å². The molecule has 0 aliphatic carbocycles. The molecule has 0 aliphatic rings. The Morgan fingerprint density at radius 3 is 0.658 bits per heavy atom. The van der Waals surface area contributed by atoms with E-state index in [0.29, 0.717) is 0 Å². The second-order valence-electron chi connectivity index (χ2n) is 30.8. The molecule has 0 rings (SSSR count). The van der Waals surface area contributed by atoms with Crippen LogP contribution in [0.15, 0.2) is 44.9 Å². The molecule has 27 heteroatoms. The molecule has 9 unspecified atom stereocenters. The summed E-state index contributed by atoms with van der Waals surface area (Å²) in [7, 11) is 5.16. The molecule has 0 aliphatic heterocycles. The van der Waals surface area contributed by atoms with Gasteiger partial charge < -0.3 is 46.0 Å². The minimum absolute atomic E-state index is 0. The first kappa shape index (κ1) is 165. The summed E-state index contributed by atoms with van der Waals surface area (Å²) in [6, 6.07) is 0.806. The third-order valence-electron chi connectivity index (χ3n) is 20.2. The Balaban J connectivity index is -0.0000000563. The number of hydrogen-bond acceptors (Lipinski definition) is 18. The van der Waals surface area contributed by atoms with Gasteiger partial charge in [-0.15, -0.1) is 0 Å². The summed E-state index contributed by atoms with van der Waals surface area (Å²) in [4.78, 5) is 37.8. The quantitative estimate of drug-likeness (QED) is 0.0269. The smallest absolute Gasteiger partial charge is 0.104 e. The third kappa shape index (κ3) is 76.3. The zero-order valence-corrected chi connectivity index (χ0v) is 94.6.